The average molecular weight is 313 g/mol. The number of rotatable bonds is 4. The molecular weight excluding hydrogens is 294 g/mol. The molecule has 6 heteroatoms. The highest BCUT2D eigenvalue weighted by Gasteiger charge is 2.17. The van der Waals surface area contributed by atoms with Gasteiger partial charge < -0.3 is 20.7 Å². The maximum Gasteiger partial charge on any atom is 0.339 e. The van der Waals surface area contributed by atoms with Crippen molar-refractivity contribution in [2.45, 2.75) is 0 Å². The number of amides is 1. The summed E-state index contributed by atoms with van der Waals surface area (Å²) in [6.45, 7) is 0. The zero-order valence-corrected chi connectivity index (χ0v) is 13.3. The Morgan fingerprint density at radius 3 is 2.43 bits per heavy atom. The van der Waals surface area contributed by atoms with Crippen molar-refractivity contribution in [1.29, 1.82) is 0 Å². The van der Waals surface area contributed by atoms with Gasteiger partial charge >= 0.3 is 5.97 Å². The molecule has 0 aliphatic heterocycles. The molecular formula is C17H19N3O3. The molecule has 120 valence electrons. The summed E-state index contributed by atoms with van der Waals surface area (Å²) in [5.74, 6) is -0.862. The smallest absolute Gasteiger partial charge is 0.339 e. The number of anilines is 3. The fraction of sp³-hybridized carbons (Fsp3) is 0.176. The first-order valence-electron chi connectivity index (χ1n) is 6.99. The molecule has 3 N–H and O–H groups in total. The van der Waals surface area contributed by atoms with E-state index in [0.717, 1.165) is 5.69 Å². The van der Waals surface area contributed by atoms with Crippen LogP contribution in [0.4, 0.5) is 17.1 Å². The number of ether oxygens (including phenoxy) is 1. The minimum Gasteiger partial charge on any atom is -0.465 e. The normalized spacial score (nSPS) is 10.0. The number of esters is 1. The second-order valence-corrected chi connectivity index (χ2v) is 5.16. The number of hydrogen-bond acceptors (Lipinski definition) is 5. The van der Waals surface area contributed by atoms with Gasteiger partial charge in [-0.1, -0.05) is 12.1 Å². The third-order valence-corrected chi connectivity index (χ3v) is 3.33. The molecule has 1 amide bonds. The van der Waals surface area contributed by atoms with Crippen LogP contribution in [0.15, 0.2) is 42.5 Å². The molecule has 0 spiro atoms. The number of para-hydroxylation sites is 1. The Balaban J connectivity index is 2.37. The van der Waals surface area contributed by atoms with E-state index in [1.165, 1.54) is 7.11 Å². The minimum absolute atomic E-state index is 0.290. The Labute approximate surface area is 134 Å². The molecule has 2 rings (SSSR count). The van der Waals surface area contributed by atoms with Gasteiger partial charge in [-0.05, 0) is 30.3 Å². The summed E-state index contributed by atoms with van der Waals surface area (Å²) in [7, 11) is 4.97. The predicted octanol–water partition coefficient (Wildman–Crippen LogP) is 2.37. The molecule has 0 heterocycles. The van der Waals surface area contributed by atoms with E-state index in [2.05, 4.69) is 5.32 Å². The highest BCUT2D eigenvalue weighted by Crippen LogP contribution is 2.24. The second kappa shape index (κ2) is 6.83. The van der Waals surface area contributed by atoms with E-state index in [4.69, 9.17) is 10.5 Å². The first-order chi connectivity index (χ1) is 10.9. The van der Waals surface area contributed by atoms with Crippen molar-refractivity contribution in [1.82, 2.24) is 0 Å². The molecule has 0 aromatic heterocycles. The maximum atomic E-state index is 12.6. The first kappa shape index (κ1) is 16.4. The molecule has 0 saturated carbocycles. The van der Waals surface area contributed by atoms with Crippen molar-refractivity contribution < 1.29 is 14.3 Å². The van der Waals surface area contributed by atoms with Crippen LogP contribution in [0.3, 0.4) is 0 Å². The van der Waals surface area contributed by atoms with Crippen molar-refractivity contribution in [2.75, 3.05) is 37.2 Å². The number of methoxy groups -OCH3 is 1. The van der Waals surface area contributed by atoms with Gasteiger partial charge in [0.15, 0.2) is 0 Å². The van der Waals surface area contributed by atoms with Crippen molar-refractivity contribution >= 4 is 28.9 Å². The van der Waals surface area contributed by atoms with Crippen LogP contribution in [0.1, 0.15) is 20.7 Å². The van der Waals surface area contributed by atoms with E-state index in [0.29, 0.717) is 22.5 Å². The van der Waals surface area contributed by atoms with Crippen LogP contribution in [0.5, 0.6) is 0 Å². The molecule has 0 saturated heterocycles. The van der Waals surface area contributed by atoms with Crippen LogP contribution >= 0.6 is 0 Å². The first-order valence-corrected chi connectivity index (χ1v) is 6.99. The van der Waals surface area contributed by atoms with Crippen LogP contribution in [-0.4, -0.2) is 33.1 Å². The van der Waals surface area contributed by atoms with Crippen LogP contribution in [0, 0.1) is 0 Å². The number of carbonyl (C=O) groups is 2. The van der Waals surface area contributed by atoms with E-state index in [-0.39, 0.29) is 5.91 Å². The predicted molar refractivity (Wildman–Crippen MR) is 90.9 cm³/mol. The number of carbonyl (C=O) groups excluding carboxylic acids is 2. The number of nitrogens with two attached hydrogens (primary N) is 1. The van der Waals surface area contributed by atoms with Gasteiger partial charge in [-0.2, -0.15) is 0 Å². The fourth-order valence-corrected chi connectivity index (χ4v) is 2.20. The monoisotopic (exact) mass is 313 g/mol. The van der Waals surface area contributed by atoms with Crippen LogP contribution in [-0.2, 0) is 4.74 Å². The highest BCUT2D eigenvalue weighted by molar-refractivity contribution is 6.11. The van der Waals surface area contributed by atoms with Gasteiger partial charge in [-0.15, -0.1) is 0 Å². The van der Waals surface area contributed by atoms with Gasteiger partial charge in [0.2, 0.25) is 0 Å². The molecule has 0 atom stereocenters. The van der Waals surface area contributed by atoms with Gasteiger partial charge in [0, 0.05) is 25.5 Å². The summed E-state index contributed by atoms with van der Waals surface area (Å²) in [5, 5.41) is 2.74. The zero-order chi connectivity index (χ0) is 17.0. The molecule has 2 aromatic carbocycles. The standard InChI is InChI=1S/C17H19N3O3/c1-20(2)15-9-8-11(18)10-13(15)16(21)19-14-7-5-4-6-12(14)17(22)23-3/h4-10H,18H2,1-3H3,(H,19,21). The molecule has 0 radical (unpaired) electrons. The zero-order valence-electron chi connectivity index (χ0n) is 13.3. The maximum absolute atomic E-state index is 12.6. The SMILES string of the molecule is COC(=O)c1ccccc1NC(=O)c1cc(N)ccc1N(C)C. The lowest BCUT2D eigenvalue weighted by atomic mass is 10.1. The summed E-state index contributed by atoms with van der Waals surface area (Å²) < 4.78 is 4.73. The number of nitrogen functional groups attached to an aromatic ring is 1. The van der Waals surface area contributed by atoms with E-state index in [9.17, 15) is 9.59 Å². The molecule has 23 heavy (non-hydrogen) atoms. The number of benzene rings is 2. The van der Waals surface area contributed by atoms with Crippen LogP contribution in [0.25, 0.3) is 0 Å². The summed E-state index contributed by atoms with van der Waals surface area (Å²) >= 11 is 0. The molecule has 0 aliphatic carbocycles. The molecule has 6 nitrogen and oxygen atoms in total. The van der Waals surface area contributed by atoms with E-state index >= 15 is 0 Å². The lowest BCUT2D eigenvalue weighted by Gasteiger charge is -2.18. The van der Waals surface area contributed by atoms with Crippen LogP contribution < -0.4 is 16.0 Å². The molecule has 2 aromatic rings. The molecule has 0 bridgehead atoms. The number of nitrogens with zero attached hydrogens (tertiary/aromatic N) is 1. The third-order valence-electron chi connectivity index (χ3n) is 3.33. The Morgan fingerprint density at radius 1 is 1.09 bits per heavy atom. The van der Waals surface area contributed by atoms with E-state index in [1.54, 1.807) is 42.5 Å². The Morgan fingerprint density at radius 2 is 1.78 bits per heavy atom. The van der Waals surface area contributed by atoms with Crippen molar-refractivity contribution in [3.8, 4) is 0 Å². The highest BCUT2D eigenvalue weighted by atomic mass is 16.5. The summed E-state index contributed by atoms with van der Waals surface area (Å²) in [6, 6.07) is 11.8. The minimum atomic E-state index is -0.513. The van der Waals surface area contributed by atoms with Gasteiger partial charge in [0.25, 0.3) is 5.91 Å². The van der Waals surface area contributed by atoms with Crippen molar-refractivity contribution in [3.05, 3.63) is 53.6 Å². The quantitative estimate of drug-likeness (QED) is 0.668. The van der Waals surface area contributed by atoms with Crippen molar-refractivity contribution in [3.63, 3.8) is 0 Å². The Hall–Kier alpha value is -3.02. The summed E-state index contributed by atoms with van der Waals surface area (Å²) in [4.78, 5) is 26.2. The third kappa shape index (κ3) is 3.60. The summed E-state index contributed by atoms with van der Waals surface area (Å²) in [6.07, 6.45) is 0. The number of hydrogen-bond donors (Lipinski definition) is 2. The molecule has 0 aliphatic rings. The largest absolute Gasteiger partial charge is 0.465 e. The lowest BCUT2D eigenvalue weighted by Crippen LogP contribution is -2.20. The van der Waals surface area contributed by atoms with E-state index < -0.39 is 5.97 Å². The lowest BCUT2D eigenvalue weighted by molar-refractivity contribution is 0.0602. The fourth-order valence-electron chi connectivity index (χ4n) is 2.20. The van der Waals surface area contributed by atoms with Gasteiger partial charge in [0.1, 0.15) is 0 Å². The van der Waals surface area contributed by atoms with E-state index in [1.807, 2.05) is 19.0 Å². The Bertz CT molecular complexity index is 742. The average Bonchev–Trinajstić information content (AvgIpc) is 2.54. The molecule has 0 unspecified atom stereocenters. The van der Waals surface area contributed by atoms with Gasteiger partial charge in [0.05, 0.1) is 23.9 Å². The topological polar surface area (TPSA) is 84.7 Å². The summed E-state index contributed by atoms with van der Waals surface area (Å²) in [5.41, 5.74) is 8.10. The van der Waals surface area contributed by atoms with Crippen LogP contribution in [0.2, 0.25) is 0 Å². The van der Waals surface area contributed by atoms with Gasteiger partial charge in [-0.3, -0.25) is 4.79 Å². The Kier molecular flexibility index (Phi) is 4.85. The molecule has 0 fully saturated rings. The second-order valence-electron chi connectivity index (χ2n) is 5.16. The number of nitrogens with one attached hydrogen (secondary N) is 1. The van der Waals surface area contributed by atoms with Gasteiger partial charge in [-0.25, -0.2) is 4.79 Å². The van der Waals surface area contributed by atoms with Crippen molar-refractivity contribution in [2.24, 2.45) is 0 Å².